The predicted octanol–water partition coefficient (Wildman–Crippen LogP) is 1.51. The van der Waals surface area contributed by atoms with Crippen LogP contribution in [0.3, 0.4) is 0 Å². The van der Waals surface area contributed by atoms with E-state index < -0.39 is 0 Å². The van der Waals surface area contributed by atoms with Gasteiger partial charge in [-0.2, -0.15) is 5.10 Å². The Hall–Kier alpha value is -2.70. The van der Waals surface area contributed by atoms with Crippen molar-refractivity contribution in [3.05, 3.63) is 29.3 Å². The highest BCUT2D eigenvalue weighted by Crippen LogP contribution is 2.26. The number of nitrogens with zero attached hydrogens (tertiary/aromatic N) is 3. The normalized spacial score (nSPS) is 20.8. The minimum Gasteiger partial charge on any atom is -0.369 e. The molecule has 1 unspecified atom stereocenters. The van der Waals surface area contributed by atoms with Crippen molar-refractivity contribution >= 4 is 29.1 Å². The number of carbonyl (C=O) groups excluding carboxylic acids is 3. The number of piperidine rings is 1. The van der Waals surface area contributed by atoms with Crippen molar-refractivity contribution in [2.24, 2.45) is 16.8 Å². The zero-order chi connectivity index (χ0) is 18.8. The lowest BCUT2D eigenvalue weighted by Gasteiger charge is -2.33. The summed E-state index contributed by atoms with van der Waals surface area (Å²) < 4.78 is 0. The van der Waals surface area contributed by atoms with E-state index >= 15 is 0 Å². The van der Waals surface area contributed by atoms with Crippen molar-refractivity contribution in [1.82, 2.24) is 4.90 Å². The van der Waals surface area contributed by atoms with Crippen molar-refractivity contribution < 1.29 is 14.4 Å². The molecule has 3 amide bonds. The summed E-state index contributed by atoms with van der Waals surface area (Å²) in [6.07, 6.45) is 2.01. The van der Waals surface area contributed by atoms with Crippen molar-refractivity contribution in [3.8, 4) is 0 Å². The molecule has 7 heteroatoms. The minimum atomic E-state index is -0.375. The van der Waals surface area contributed by atoms with Crippen LogP contribution < -0.4 is 10.7 Å². The Labute approximate surface area is 152 Å². The molecule has 1 fully saturated rings. The van der Waals surface area contributed by atoms with Gasteiger partial charge in [-0.05, 0) is 43.9 Å². The molecule has 2 aliphatic heterocycles. The number of hydrogen-bond acceptors (Lipinski definition) is 4. The third-order valence-corrected chi connectivity index (χ3v) is 4.98. The molecular weight excluding hydrogens is 332 g/mol. The van der Waals surface area contributed by atoms with Crippen LogP contribution in [0.5, 0.6) is 0 Å². The topological polar surface area (TPSA) is 96.1 Å². The maximum atomic E-state index is 12.9. The number of benzene rings is 1. The van der Waals surface area contributed by atoms with Gasteiger partial charge < -0.3 is 10.6 Å². The van der Waals surface area contributed by atoms with Crippen LogP contribution in [0.1, 0.15) is 36.8 Å². The van der Waals surface area contributed by atoms with Gasteiger partial charge in [0.25, 0.3) is 5.91 Å². The van der Waals surface area contributed by atoms with Gasteiger partial charge in [-0.1, -0.05) is 12.1 Å². The molecule has 0 bridgehead atoms. The van der Waals surface area contributed by atoms with Crippen molar-refractivity contribution in [2.75, 3.05) is 18.1 Å². The third-order valence-electron chi connectivity index (χ3n) is 4.98. The summed E-state index contributed by atoms with van der Waals surface area (Å²) in [4.78, 5) is 38.3. The molecule has 1 saturated heterocycles. The van der Waals surface area contributed by atoms with Crippen LogP contribution in [-0.4, -0.2) is 41.4 Å². The van der Waals surface area contributed by atoms with E-state index in [0.29, 0.717) is 37.3 Å². The average Bonchev–Trinajstić information content (AvgIpc) is 2.64. The number of nitrogens with two attached hydrogens (primary N) is 1. The summed E-state index contributed by atoms with van der Waals surface area (Å²) in [7, 11) is 0. The maximum absolute atomic E-state index is 12.9. The molecular formula is C19H24N4O3. The number of amides is 3. The Kier molecular flexibility index (Phi) is 5.06. The van der Waals surface area contributed by atoms with Gasteiger partial charge in [-0.3, -0.25) is 14.4 Å². The number of hydrazone groups is 1. The second-order valence-electron chi connectivity index (χ2n) is 7.03. The number of primary amides is 1. The van der Waals surface area contributed by atoms with Gasteiger partial charge in [-0.15, -0.1) is 0 Å². The number of carbonyl (C=O) groups is 3. The number of likely N-dealkylation sites (tertiary alicyclic amines) is 1. The van der Waals surface area contributed by atoms with E-state index in [-0.39, 0.29) is 30.1 Å². The Morgan fingerprint density at radius 3 is 2.73 bits per heavy atom. The molecule has 0 spiro atoms. The number of aryl methyl sites for hydroxylation is 2. The van der Waals surface area contributed by atoms with E-state index in [2.05, 4.69) is 5.10 Å². The Balaban J connectivity index is 1.85. The molecule has 7 nitrogen and oxygen atoms in total. The van der Waals surface area contributed by atoms with Crippen LogP contribution in [-0.2, 0) is 14.4 Å². The van der Waals surface area contributed by atoms with Crippen LogP contribution in [0.15, 0.2) is 23.3 Å². The number of anilines is 1. The SMILES string of the molecule is Cc1ccc(C)c(N2N=C(C(=O)N3CCCC(C(N)=O)C3)CCC2=O)c1. The van der Waals surface area contributed by atoms with Crippen LogP contribution in [0, 0.1) is 19.8 Å². The molecule has 26 heavy (non-hydrogen) atoms. The van der Waals surface area contributed by atoms with E-state index in [4.69, 9.17) is 5.73 Å². The summed E-state index contributed by atoms with van der Waals surface area (Å²) in [6, 6.07) is 5.81. The lowest BCUT2D eigenvalue weighted by molar-refractivity contribution is -0.129. The molecule has 1 aromatic rings. The molecule has 0 aromatic heterocycles. The monoisotopic (exact) mass is 356 g/mol. The Morgan fingerprint density at radius 1 is 1.23 bits per heavy atom. The van der Waals surface area contributed by atoms with Gasteiger partial charge in [0, 0.05) is 25.9 Å². The highest BCUT2D eigenvalue weighted by atomic mass is 16.2. The van der Waals surface area contributed by atoms with Gasteiger partial charge in [0.05, 0.1) is 11.6 Å². The molecule has 1 aromatic carbocycles. The second kappa shape index (κ2) is 7.27. The lowest BCUT2D eigenvalue weighted by atomic mass is 9.97. The van der Waals surface area contributed by atoms with E-state index in [1.54, 1.807) is 4.90 Å². The van der Waals surface area contributed by atoms with Crippen molar-refractivity contribution in [1.29, 1.82) is 0 Å². The summed E-state index contributed by atoms with van der Waals surface area (Å²) in [5.41, 5.74) is 8.40. The molecule has 0 radical (unpaired) electrons. The highest BCUT2D eigenvalue weighted by Gasteiger charge is 2.32. The Morgan fingerprint density at radius 2 is 2.00 bits per heavy atom. The molecule has 138 valence electrons. The van der Waals surface area contributed by atoms with Crippen LogP contribution in [0.2, 0.25) is 0 Å². The quantitative estimate of drug-likeness (QED) is 0.889. The molecule has 0 saturated carbocycles. The Bertz CT molecular complexity index is 787. The maximum Gasteiger partial charge on any atom is 0.270 e. The average molecular weight is 356 g/mol. The predicted molar refractivity (Wildman–Crippen MR) is 98.6 cm³/mol. The first kappa shape index (κ1) is 18.1. The molecule has 2 aliphatic rings. The van der Waals surface area contributed by atoms with Gasteiger partial charge in [-0.25, -0.2) is 5.01 Å². The lowest BCUT2D eigenvalue weighted by Crippen LogP contribution is -2.48. The summed E-state index contributed by atoms with van der Waals surface area (Å²) in [5, 5.41) is 5.71. The molecule has 0 aliphatic carbocycles. The molecule has 2 N–H and O–H groups in total. The van der Waals surface area contributed by atoms with Gasteiger partial charge in [0.15, 0.2) is 0 Å². The fraction of sp³-hybridized carbons (Fsp3) is 0.474. The van der Waals surface area contributed by atoms with Crippen LogP contribution in [0.4, 0.5) is 5.69 Å². The largest absolute Gasteiger partial charge is 0.369 e. The molecule has 2 heterocycles. The first-order valence-electron chi connectivity index (χ1n) is 8.93. The number of rotatable bonds is 3. The second-order valence-corrected chi connectivity index (χ2v) is 7.03. The van der Waals surface area contributed by atoms with Crippen molar-refractivity contribution in [2.45, 2.75) is 39.5 Å². The van der Waals surface area contributed by atoms with E-state index in [9.17, 15) is 14.4 Å². The standard InChI is InChI=1S/C19H24N4O3/c1-12-5-6-13(2)16(10-12)23-17(24)8-7-15(21-23)19(26)22-9-3-4-14(11-22)18(20)25/h5-6,10,14H,3-4,7-9,11H2,1-2H3,(H2,20,25). The fourth-order valence-electron chi connectivity index (χ4n) is 3.42. The number of hydrogen-bond donors (Lipinski definition) is 1. The fourth-order valence-corrected chi connectivity index (χ4v) is 3.42. The van der Waals surface area contributed by atoms with Crippen LogP contribution >= 0.6 is 0 Å². The summed E-state index contributed by atoms with van der Waals surface area (Å²) >= 11 is 0. The third kappa shape index (κ3) is 3.61. The minimum absolute atomic E-state index is 0.121. The first-order chi connectivity index (χ1) is 12.4. The van der Waals surface area contributed by atoms with Gasteiger partial charge in [0.2, 0.25) is 11.8 Å². The van der Waals surface area contributed by atoms with E-state index in [1.807, 2.05) is 32.0 Å². The summed E-state index contributed by atoms with van der Waals surface area (Å²) in [5.74, 6) is -1.02. The first-order valence-corrected chi connectivity index (χ1v) is 8.93. The van der Waals surface area contributed by atoms with E-state index in [0.717, 1.165) is 17.5 Å². The highest BCUT2D eigenvalue weighted by molar-refractivity contribution is 6.40. The van der Waals surface area contributed by atoms with Crippen molar-refractivity contribution in [3.63, 3.8) is 0 Å². The smallest absolute Gasteiger partial charge is 0.270 e. The van der Waals surface area contributed by atoms with E-state index in [1.165, 1.54) is 5.01 Å². The zero-order valence-electron chi connectivity index (χ0n) is 15.2. The van der Waals surface area contributed by atoms with Gasteiger partial charge >= 0.3 is 0 Å². The zero-order valence-corrected chi connectivity index (χ0v) is 15.2. The summed E-state index contributed by atoms with van der Waals surface area (Å²) in [6.45, 7) is 4.77. The molecule has 3 rings (SSSR count). The van der Waals surface area contributed by atoms with Gasteiger partial charge in [0.1, 0.15) is 5.71 Å². The molecule has 1 atom stereocenters. The van der Waals surface area contributed by atoms with Crippen LogP contribution in [0.25, 0.3) is 0 Å².